The van der Waals surface area contributed by atoms with Crippen LogP contribution >= 0.6 is 11.6 Å². The third-order valence-corrected chi connectivity index (χ3v) is 3.61. The topological polar surface area (TPSA) is 29.9 Å². The first kappa shape index (κ1) is 15.1. The summed E-state index contributed by atoms with van der Waals surface area (Å²) >= 11 is 6.46. The Hall–Kier alpha value is -1.32. The molecule has 0 radical (unpaired) electrons. The first-order chi connectivity index (χ1) is 9.65. The van der Waals surface area contributed by atoms with Gasteiger partial charge in [-0.3, -0.25) is 4.68 Å². The summed E-state index contributed by atoms with van der Waals surface area (Å²) in [6.07, 6.45) is 4.11. The smallest absolute Gasteiger partial charge is 0.0703 e. The van der Waals surface area contributed by atoms with Crippen LogP contribution in [0, 0.1) is 0 Å². The molecule has 108 valence electrons. The predicted molar refractivity (Wildman–Crippen MR) is 85.0 cm³/mol. The molecule has 0 aliphatic rings. The lowest BCUT2D eigenvalue weighted by molar-refractivity contribution is 0.727. The average molecular weight is 292 g/mol. The Balaban J connectivity index is 2.33. The molecule has 3 nitrogen and oxygen atoms in total. The molecule has 1 aromatic heterocycles. The Bertz CT molecular complexity index is 575. The Morgan fingerprint density at radius 1 is 1.25 bits per heavy atom. The molecule has 2 aromatic rings. The number of hydrogen-bond acceptors (Lipinski definition) is 2. The fraction of sp³-hybridized carbons (Fsp3) is 0.438. The van der Waals surface area contributed by atoms with Gasteiger partial charge in [0.1, 0.15) is 0 Å². The van der Waals surface area contributed by atoms with Crippen LogP contribution < -0.4 is 5.32 Å². The van der Waals surface area contributed by atoms with Crippen molar-refractivity contribution in [3.05, 3.63) is 40.7 Å². The van der Waals surface area contributed by atoms with Crippen molar-refractivity contribution < 1.29 is 0 Å². The van der Waals surface area contributed by atoms with Crippen LogP contribution in [0.3, 0.4) is 0 Å². The number of nitrogens with one attached hydrogen (secondary N) is 1. The molecule has 0 unspecified atom stereocenters. The molecule has 2 rings (SSSR count). The van der Waals surface area contributed by atoms with E-state index >= 15 is 0 Å². The summed E-state index contributed by atoms with van der Waals surface area (Å²) in [5.74, 6) is 0. The van der Waals surface area contributed by atoms with E-state index in [1.807, 2.05) is 17.8 Å². The van der Waals surface area contributed by atoms with E-state index in [0.717, 1.165) is 47.8 Å². The fourth-order valence-corrected chi connectivity index (χ4v) is 2.64. The molecule has 0 aliphatic carbocycles. The summed E-state index contributed by atoms with van der Waals surface area (Å²) < 4.78 is 1.86. The Kier molecular flexibility index (Phi) is 5.21. The van der Waals surface area contributed by atoms with Gasteiger partial charge in [-0.05, 0) is 24.6 Å². The average Bonchev–Trinajstić information content (AvgIpc) is 2.78. The summed E-state index contributed by atoms with van der Waals surface area (Å²) in [7, 11) is 1.95. The predicted octanol–water partition coefficient (Wildman–Crippen LogP) is 3.80. The minimum atomic E-state index is 0.797. The van der Waals surface area contributed by atoms with Crippen LogP contribution in [0.4, 0.5) is 0 Å². The van der Waals surface area contributed by atoms with Gasteiger partial charge < -0.3 is 5.32 Å². The van der Waals surface area contributed by atoms with Crippen LogP contribution in [0.25, 0.3) is 11.1 Å². The van der Waals surface area contributed by atoms with Crippen molar-refractivity contribution in [3.8, 4) is 11.1 Å². The van der Waals surface area contributed by atoms with Crippen LogP contribution in [0.15, 0.2) is 24.4 Å². The molecular weight excluding hydrogens is 270 g/mol. The standard InChI is InChI=1S/C16H22ClN3/c1-4-6-16-14(11-20(3)19-16)13-8-7-12(9-15(13)17)10-18-5-2/h7-9,11,18H,4-6,10H2,1-3H3. The molecule has 0 saturated heterocycles. The number of benzene rings is 1. The Morgan fingerprint density at radius 3 is 2.70 bits per heavy atom. The first-order valence-electron chi connectivity index (χ1n) is 7.17. The molecule has 0 saturated carbocycles. The van der Waals surface area contributed by atoms with Crippen LogP contribution in [0.2, 0.25) is 5.02 Å². The second kappa shape index (κ2) is 6.91. The summed E-state index contributed by atoms with van der Waals surface area (Å²) in [6, 6.07) is 6.28. The quantitative estimate of drug-likeness (QED) is 0.877. The van der Waals surface area contributed by atoms with Gasteiger partial charge in [-0.1, -0.05) is 44.0 Å². The highest BCUT2D eigenvalue weighted by Crippen LogP contribution is 2.31. The highest BCUT2D eigenvalue weighted by atomic mass is 35.5. The number of nitrogens with zero attached hydrogens (tertiary/aromatic N) is 2. The van der Waals surface area contributed by atoms with Crippen molar-refractivity contribution in [2.24, 2.45) is 7.05 Å². The van der Waals surface area contributed by atoms with Gasteiger partial charge in [0.2, 0.25) is 0 Å². The lowest BCUT2D eigenvalue weighted by Gasteiger charge is -2.08. The summed E-state index contributed by atoms with van der Waals surface area (Å²) in [5, 5.41) is 8.64. The number of hydrogen-bond donors (Lipinski definition) is 1. The van der Waals surface area contributed by atoms with Gasteiger partial charge in [0.05, 0.1) is 5.69 Å². The monoisotopic (exact) mass is 291 g/mol. The van der Waals surface area contributed by atoms with Crippen molar-refractivity contribution >= 4 is 11.6 Å². The van der Waals surface area contributed by atoms with Crippen LogP contribution in [-0.2, 0) is 20.0 Å². The van der Waals surface area contributed by atoms with E-state index in [0.29, 0.717) is 0 Å². The Labute approximate surface area is 126 Å². The molecule has 0 atom stereocenters. The van der Waals surface area contributed by atoms with Gasteiger partial charge in [-0.2, -0.15) is 5.10 Å². The molecule has 0 spiro atoms. The van der Waals surface area contributed by atoms with Crippen molar-refractivity contribution in [2.45, 2.75) is 33.2 Å². The van der Waals surface area contributed by atoms with E-state index in [4.69, 9.17) is 11.6 Å². The van der Waals surface area contributed by atoms with Crippen LogP contribution in [-0.4, -0.2) is 16.3 Å². The number of aryl methyl sites for hydroxylation is 2. The zero-order valence-corrected chi connectivity index (χ0v) is 13.2. The zero-order chi connectivity index (χ0) is 14.5. The van der Waals surface area contributed by atoms with E-state index in [9.17, 15) is 0 Å². The maximum absolute atomic E-state index is 6.46. The number of aromatic nitrogens is 2. The summed E-state index contributed by atoms with van der Waals surface area (Å²) in [4.78, 5) is 0. The van der Waals surface area contributed by atoms with E-state index < -0.39 is 0 Å². The molecule has 1 aromatic carbocycles. The molecular formula is C16H22ClN3. The third kappa shape index (κ3) is 3.41. The van der Waals surface area contributed by atoms with E-state index in [1.54, 1.807) is 0 Å². The van der Waals surface area contributed by atoms with Gasteiger partial charge in [0.25, 0.3) is 0 Å². The van der Waals surface area contributed by atoms with E-state index in [-0.39, 0.29) is 0 Å². The molecule has 0 bridgehead atoms. The lowest BCUT2D eigenvalue weighted by atomic mass is 10.0. The van der Waals surface area contributed by atoms with Crippen molar-refractivity contribution in [1.29, 1.82) is 0 Å². The van der Waals surface area contributed by atoms with Gasteiger partial charge in [0.15, 0.2) is 0 Å². The largest absolute Gasteiger partial charge is 0.313 e. The maximum atomic E-state index is 6.46. The van der Waals surface area contributed by atoms with Crippen molar-refractivity contribution in [2.75, 3.05) is 6.54 Å². The SMILES string of the molecule is CCCc1nn(C)cc1-c1ccc(CNCC)cc1Cl. The van der Waals surface area contributed by atoms with Crippen molar-refractivity contribution in [1.82, 2.24) is 15.1 Å². The molecule has 0 amide bonds. The summed E-state index contributed by atoms with van der Waals surface area (Å²) in [6.45, 7) is 6.08. The van der Waals surface area contributed by atoms with E-state index in [1.165, 1.54) is 5.56 Å². The number of rotatable bonds is 6. The third-order valence-electron chi connectivity index (χ3n) is 3.29. The molecule has 1 heterocycles. The first-order valence-corrected chi connectivity index (χ1v) is 7.55. The Morgan fingerprint density at radius 2 is 2.05 bits per heavy atom. The van der Waals surface area contributed by atoms with Gasteiger partial charge in [0, 0.05) is 35.9 Å². The molecule has 4 heteroatoms. The molecule has 1 N–H and O–H groups in total. The second-order valence-electron chi connectivity index (χ2n) is 5.01. The van der Waals surface area contributed by atoms with Gasteiger partial charge in [-0.25, -0.2) is 0 Å². The van der Waals surface area contributed by atoms with E-state index in [2.05, 4.69) is 42.6 Å². The highest BCUT2D eigenvalue weighted by Gasteiger charge is 2.12. The van der Waals surface area contributed by atoms with Gasteiger partial charge >= 0.3 is 0 Å². The molecule has 0 fully saturated rings. The normalized spacial score (nSPS) is 11.0. The fourth-order valence-electron chi connectivity index (χ4n) is 2.34. The van der Waals surface area contributed by atoms with Gasteiger partial charge in [-0.15, -0.1) is 0 Å². The highest BCUT2D eigenvalue weighted by molar-refractivity contribution is 6.33. The van der Waals surface area contributed by atoms with Crippen LogP contribution in [0.1, 0.15) is 31.5 Å². The molecule has 0 aliphatic heterocycles. The summed E-state index contributed by atoms with van der Waals surface area (Å²) in [5.41, 5.74) is 4.55. The minimum Gasteiger partial charge on any atom is -0.313 e. The molecule has 20 heavy (non-hydrogen) atoms. The second-order valence-corrected chi connectivity index (χ2v) is 5.41. The number of halogens is 1. The van der Waals surface area contributed by atoms with Crippen LogP contribution in [0.5, 0.6) is 0 Å². The minimum absolute atomic E-state index is 0.797. The zero-order valence-electron chi connectivity index (χ0n) is 12.4. The van der Waals surface area contributed by atoms with Crippen molar-refractivity contribution in [3.63, 3.8) is 0 Å². The lowest BCUT2D eigenvalue weighted by Crippen LogP contribution is -2.11. The maximum Gasteiger partial charge on any atom is 0.0703 e.